The molecule has 0 spiro atoms. The van der Waals surface area contributed by atoms with Crippen LogP contribution in [0.2, 0.25) is 10.0 Å². The Hall–Kier alpha value is -0.200. The smallest absolute Gasteiger partial charge is 0.0452 e. The van der Waals surface area contributed by atoms with Gasteiger partial charge in [-0.25, -0.2) is 0 Å². The van der Waals surface area contributed by atoms with Gasteiger partial charge in [0.25, 0.3) is 0 Å². The Morgan fingerprint density at radius 1 is 0.857 bits per heavy atom. The molecule has 0 heterocycles. The minimum Gasteiger partial charge on any atom is -0.0840 e. The van der Waals surface area contributed by atoms with Gasteiger partial charge in [-0.05, 0) is 30.0 Å². The molecule has 0 nitrogen and oxygen atoms in total. The van der Waals surface area contributed by atoms with Gasteiger partial charge < -0.3 is 0 Å². The Labute approximate surface area is 96.2 Å². The average molecular weight is 231 g/mol. The summed E-state index contributed by atoms with van der Waals surface area (Å²) in [6.45, 7) is 4.31. The molecule has 0 saturated heterocycles. The highest BCUT2D eigenvalue weighted by Gasteiger charge is 2.05. The molecule has 0 aliphatic rings. The van der Waals surface area contributed by atoms with Crippen LogP contribution in [-0.2, 0) is 12.8 Å². The third-order valence-corrected chi connectivity index (χ3v) is 2.96. The molecule has 1 aromatic rings. The molecule has 0 amide bonds. The van der Waals surface area contributed by atoms with E-state index in [1.165, 1.54) is 11.1 Å². The van der Waals surface area contributed by atoms with Gasteiger partial charge in [0.1, 0.15) is 0 Å². The number of hydrogen-bond acceptors (Lipinski definition) is 0. The molecular formula is C12H16Cl2. The molecule has 0 N–H and O–H groups in total. The van der Waals surface area contributed by atoms with Crippen LogP contribution in [-0.4, -0.2) is 0 Å². The van der Waals surface area contributed by atoms with Gasteiger partial charge in [0.15, 0.2) is 0 Å². The average Bonchev–Trinajstić information content (AvgIpc) is 2.14. The van der Waals surface area contributed by atoms with E-state index in [0.29, 0.717) is 0 Å². The molecule has 0 fully saturated rings. The van der Waals surface area contributed by atoms with Crippen molar-refractivity contribution in [1.82, 2.24) is 0 Å². The summed E-state index contributed by atoms with van der Waals surface area (Å²) in [5.74, 6) is 0. The predicted molar refractivity (Wildman–Crippen MR) is 64.5 cm³/mol. The molecule has 2 heteroatoms. The van der Waals surface area contributed by atoms with Crippen molar-refractivity contribution in [2.45, 2.75) is 39.5 Å². The minimum atomic E-state index is 0.803. The van der Waals surface area contributed by atoms with Crippen LogP contribution in [0.4, 0.5) is 0 Å². The van der Waals surface area contributed by atoms with E-state index in [9.17, 15) is 0 Å². The fourth-order valence-corrected chi connectivity index (χ4v) is 2.14. The van der Waals surface area contributed by atoms with Gasteiger partial charge in [-0.15, -0.1) is 0 Å². The minimum absolute atomic E-state index is 0.803. The first-order chi connectivity index (χ1) is 6.69. The Balaban J connectivity index is 3.00. The lowest BCUT2D eigenvalue weighted by molar-refractivity contribution is 0.896. The molecule has 0 atom stereocenters. The van der Waals surface area contributed by atoms with E-state index in [1.54, 1.807) is 0 Å². The lowest BCUT2D eigenvalue weighted by Gasteiger charge is -2.08. The summed E-state index contributed by atoms with van der Waals surface area (Å²) >= 11 is 12.2. The normalized spacial score (nSPS) is 10.6. The zero-order valence-electron chi connectivity index (χ0n) is 8.74. The van der Waals surface area contributed by atoms with Crippen molar-refractivity contribution in [1.29, 1.82) is 0 Å². The van der Waals surface area contributed by atoms with Crippen LogP contribution in [0, 0.1) is 0 Å². The second-order valence-electron chi connectivity index (χ2n) is 3.54. The Bertz CT molecular complexity index is 278. The second kappa shape index (κ2) is 5.63. The Morgan fingerprint density at radius 2 is 1.29 bits per heavy atom. The van der Waals surface area contributed by atoms with Gasteiger partial charge in [0.2, 0.25) is 0 Å². The SMILES string of the molecule is CCCc1cc(CCC)c(Cl)cc1Cl. The van der Waals surface area contributed by atoms with Crippen molar-refractivity contribution in [2.75, 3.05) is 0 Å². The summed E-state index contributed by atoms with van der Waals surface area (Å²) in [7, 11) is 0. The molecular weight excluding hydrogens is 215 g/mol. The van der Waals surface area contributed by atoms with E-state index in [-0.39, 0.29) is 0 Å². The van der Waals surface area contributed by atoms with Gasteiger partial charge in [-0.1, -0.05) is 56.0 Å². The third kappa shape index (κ3) is 2.90. The Morgan fingerprint density at radius 3 is 1.64 bits per heavy atom. The lowest BCUT2D eigenvalue weighted by atomic mass is 10.0. The number of rotatable bonds is 4. The van der Waals surface area contributed by atoms with Crippen LogP contribution in [0.1, 0.15) is 37.8 Å². The molecule has 0 aliphatic carbocycles. The summed E-state index contributed by atoms with van der Waals surface area (Å²) in [6, 6.07) is 4.02. The van der Waals surface area contributed by atoms with E-state index in [2.05, 4.69) is 19.9 Å². The maximum absolute atomic E-state index is 6.10. The maximum Gasteiger partial charge on any atom is 0.0452 e. The summed E-state index contributed by atoms with van der Waals surface area (Å²) in [5.41, 5.74) is 2.45. The van der Waals surface area contributed by atoms with E-state index >= 15 is 0 Å². The van der Waals surface area contributed by atoms with Crippen LogP contribution >= 0.6 is 23.2 Å². The van der Waals surface area contributed by atoms with Gasteiger partial charge in [0, 0.05) is 10.0 Å². The summed E-state index contributed by atoms with van der Waals surface area (Å²) in [5, 5.41) is 1.61. The topological polar surface area (TPSA) is 0 Å². The van der Waals surface area contributed by atoms with Crippen LogP contribution < -0.4 is 0 Å². The van der Waals surface area contributed by atoms with Crippen molar-refractivity contribution in [3.8, 4) is 0 Å². The molecule has 78 valence electrons. The zero-order valence-corrected chi connectivity index (χ0v) is 10.3. The fourth-order valence-electron chi connectivity index (χ4n) is 1.57. The molecule has 0 radical (unpaired) electrons. The highest BCUT2D eigenvalue weighted by atomic mass is 35.5. The van der Waals surface area contributed by atoms with E-state index < -0.39 is 0 Å². The number of aryl methyl sites for hydroxylation is 2. The van der Waals surface area contributed by atoms with Crippen molar-refractivity contribution < 1.29 is 0 Å². The number of hydrogen-bond donors (Lipinski definition) is 0. The fraction of sp³-hybridized carbons (Fsp3) is 0.500. The first-order valence-electron chi connectivity index (χ1n) is 5.15. The standard InChI is InChI=1S/C12H16Cl2/c1-3-5-9-7-10(6-4-2)12(14)8-11(9)13/h7-8H,3-6H2,1-2H3. The predicted octanol–water partition coefficient (Wildman–Crippen LogP) is 4.90. The summed E-state index contributed by atoms with van der Waals surface area (Å²) in [6.07, 6.45) is 4.30. The second-order valence-corrected chi connectivity index (χ2v) is 4.35. The van der Waals surface area contributed by atoms with E-state index in [1.807, 2.05) is 6.07 Å². The van der Waals surface area contributed by atoms with Crippen molar-refractivity contribution >= 4 is 23.2 Å². The monoisotopic (exact) mass is 230 g/mol. The van der Waals surface area contributed by atoms with Crippen molar-refractivity contribution in [3.05, 3.63) is 33.3 Å². The van der Waals surface area contributed by atoms with E-state index in [4.69, 9.17) is 23.2 Å². The van der Waals surface area contributed by atoms with Gasteiger partial charge in [-0.2, -0.15) is 0 Å². The van der Waals surface area contributed by atoms with Crippen molar-refractivity contribution in [3.63, 3.8) is 0 Å². The maximum atomic E-state index is 6.10. The number of benzene rings is 1. The highest BCUT2D eigenvalue weighted by molar-refractivity contribution is 6.35. The highest BCUT2D eigenvalue weighted by Crippen LogP contribution is 2.27. The van der Waals surface area contributed by atoms with Crippen LogP contribution in [0.25, 0.3) is 0 Å². The molecule has 0 bridgehead atoms. The molecule has 14 heavy (non-hydrogen) atoms. The molecule has 0 unspecified atom stereocenters. The molecule has 0 aliphatic heterocycles. The van der Waals surface area contributed by atoms with Crippen LogP contribution in [0.3, 0.4) is 0 Å². The molecule has 1 rings (SSSR count). The Kier molecular flexibility index (Phi) is 4.77. The summed E-state index contributed by atoms with van der Waals surface area (Å²) < 4.78 is 0. The van der Waals surface area contributed by atoms with Gasteiger partial charge in [-0.3, -0.25) is 0 Å². The number of halogens is 2. The van der Waals surface area contributed by atoms with Crippen molar-refractivity contribution in [2.24, 2.45) is 0 Å². The van der Waals surface area contributed by atoms with Gasteiger partial charge in [0.05, 0.1) is 0 Å². The molecule has 0 aromatic heterocycles. The van der Waals surface area contributed by atoms with Crippen LogP contribution in [0.15, 0.2) is 12.1 Å². The third-order valence-electron chi connectivity index (χ3n) is 2.25. The molecule has 0 saturated carbocycles. The quantitative estimate of drug-likeness (QED) is 0.691. The first kappa shape index (κ1) is 11.9. The van der Waals surface area contributed by atoms with Gasteiger partial charge >= 0.3 is 0 Å². The largest absolute Gasteiger partial charge is 0.0840 e. The lowest BCUT2D eigenvalue weighted by Crippen LogP contribution is -1.91. The summed E-state index contributed by atoms with van der Waals surface area (Å²) in [4.78, 5) is 0. The first-order valence-corrected chi connectivity index (χ1v) is 5.91. The zero-order chi connectivity index (χ0) is 10.6. The van der Waals surface area contributed by atoms with E-state index in [0.717, 1.165) is 35.7 Å². The molecule has 1 aromatic carbocycles. The van der Waals surface area contributed by atoms with Crippen LogP contribution in [0.5, 0.6) is 0 Å².